The smallest absolute Gasteiger partial charge is 0.246 e. The second-order valence-corrected chi connectivity index (χ2v) is 4.61. The molecule has 0 saturated heterocycles. The number of aromatic nitrogens is 4. The molecule has 1 aromatic carbocycles. The van der Waals surface area contributed by atoms with Crippen LogP contribution in [0.25, 0.3) is 11.4 Å². The summed E-state index contributed by atoms with van der Waals surface area (Å²) >= 11 is 0. The minimum atomic E-state index is -0.590. The van der Waals surface area contributed by atoms with Crippen molar-refractivity contribution in [3.63, 3.8) is 0 Å². The number of benzene rings is 1. The largest absolute Gasteiger partial charge is 0.351 e. The number of nitrogens with zero attached hydrogens (tertiary/aromatic N) is 4. The molecule has 0 spiro atoms. The van der Waals surface area contributed by atoms with Gasteiger partial charge in [-0.3, -0.25) is 4.79 Å². The molecule has 0 aliphatic rings. The molecule has 1 aromatic heterocycles. The van der Waals surface area contributed by atoms with Gasteiger partial charge in [0, 0.05) is 12.1 Å². The molecule has 2 aromatic rings. The van der Waals surface area contributed by atoms with Crippen LogP contribution in [0.1, 0.15) is 18.5 Å². The highest BCUT2D eigenvalue weighted by Gasteiger charge is 2.18. The van der Waals surface area contributed by atoms with Crippen molar-refractivity contribution in [1.82, 2.24) is 25.5 Å². The van der Waals surface area contributed by atoms with Crippen molar-refractivity contribution < 1.29 is 9.18 Å². The Hall–Kier alpha value is -2.57. The van der Waals surface area contributed by atoms with E-state index in [9.17, 15) is 9.18 Å². The number of carbonyl (C=O) groups excluding carboxylic acids is 1. The van der Waals surface area contributed by atoms with Gasteiger partial charge >= 0.3 is 0 Å². The number of tetrazole rings is 1. The van der Waals surface area contributed by atoms with Gasteiger partial charge in [-0.25, -0.2) is 4.39 Å². The second-order valence-electron chi connectivity index (χ2n) is 4.61. The van der Waals surface area contributed by atoms with E-state index >= 15 is 0 Å². The lowest BCUT2D eigenvalue weighted by Crippen LogP contribution is -2.32. The number of nitrogens with one attached hydrogen (secondary N) is 1. The zero-order valence-electron chi connectivity index (χ0n) is 11.9. The average Bonchev–Trinajstić information content (AvgIpc) is 2.96. The predicted octanol–water partition coefficient (Wildman–Crippen LogP) is 1.65. The fourth-order valence-corrected chi connectivity index (χ4v) is 1.71. The van der Waals surface area contributed by atoms with Crippen molar-refractivity contribution >= 4 is 5.91 Å². The first-order valence-electron chi connectivity index (χ1n) is 6.47. The van der Waals surface area contributed by atoms with Crippen LogP contribution < -0.4 is 5.32 Å². The van der Waals surface area contributed by atoms with Crippen LogP contribution in [-0.2, 0) is 4.79 Å². The number of aryl methyl sites for hydroxylation is 1. The number of carbonyl (C=O) groups is 1. The zero-order valence-corrected chi connectivity index (χ0v) is 11.9. The molecule has 0 saturated carbocycles. The number of rotatable bonds is 5. The molecule has 6 nitrogen and oxygen atoms in total. The molecule has 1 atom stereocenters. The first kappa shape index (κ1) is 14.8. The van der Waals surface area contributed by atoms with E-state index in [1.807, 2.05) is 0 Å². The van der Waals surface area contributed by atoms with Crippen molar-refractivity contribution in [2.45, 2.75) is 19.9 Å². The summed E-state index contributed by atoms with van der Waals surface area (Å²) in [5, 5.41) is 14.6. The third-order valence-electron chi connectivity index (χ3n) is 2.99. The maximum atomic E-state index is 13.2. The molecule has 1 N–H and O–H groups in total. The number of hydrogen-bond acceptors (Lipinski definition) is 4. The SMILES string of the molecule is C=CCNC(=O)[C@@H](C)n1nnc(-c2ccc(F)c(C)c2)n1. The van der Waals surface area contributed by atoms with Gasteiger partial charge in [0.25, 0.3) is 0 Å². The van der Waals surface area contributed by atoms with E-state index in [-0.39, 0.29) is 11.7 Å². The first-order valence-corrected chi connectivity index (χ1v) is 6.47. The van der Waals surface area contributed by atoms with Gasteiger partial charge in [-0.15, -0.1) is 16.8 Å². The summed E-state index contributed by atoms with van der Waals surface area (Å²) in [4.78, 5) is 13.0. The number of hydrogen-bond donors (Lipinski definition) is 1. The maximum absolute atomic E-state index is 13.2. The highest BCUT2D eigenvalue weighted by atomic mass is 19.1. The summed E-state index contributed by atoms with van der Waals surface area (Å²) < 4.78 is 13.2. The quantitative estimate of drug-likeness (QED) is 0.849. The minimum absolute atomic E-state index is 0.228. The molecular weight excluding hydrogens is 273 g/mol. The summed E-state index contributed by atoms with van der Waals surface area (Å²) in [5.74, 6) is -0.168. The predicted molar refractivity (Wildman–Crippen MR) is 75.9 cm³/mol. The Balaban J connectivity index is 2.19. The van der Waals surface area contributed by atoms with Crippen LogP contribution >= 0.6 is 0 Å². The Kier molecular flexibility index (Phi) is 4.42. The Morgan fingerprint density at radius 1 is 1.57 bits per heavy atom. The van der Waals surface area contributed by atoms with E-state index in [1.54, 1.807) is 32.1 Å². The minimum Gasteiger partial charge on any atom is -0.351 e. The van der Waals surface area contributed by atoms with Gasteiger partial charge in [0.1, 0.15) is 11.9 Å². The number of amides is 1. The van der Waals surface area contributed by atoms with Gasteiger partial charge in [-0.05, 0) is 42.8 Å². The lowest BCUT2D eigenvalue weighted by Gasteiger charge is -2.08. The molecule has 7 heteroatoms. The van der Waals surface area contributed by atoms with Crippen molar-refractivity contribution in [2.75, 3.05) is 6.54 Å². The zero-order chi connectivity index (χ0) is 15.4. The molecule has 2 rings (SSSR count). The van der Waals surface area contributed by atoms with Crippen molar-refractivity contribution in [3.8, 4) is 11.4 Å². The molecule has 0 radical (unpaired) electrons. The van der Waals surface area contributed by atoms with Crippen LogP contribution in [0.2, 0.25) is 0 Å². The van der Waals surface area contributed by atoms with Crippen molar-refractivity contribution in [1.29, 1.82) is 0 Å². The standard InChI is InChI=1S/C14H16FN5O/c1-4-7-16-14(21)10(3)20-18-13(17-19-20)11-5-6-12(15)9(2)8-11/h4-6,8,10H,1,7H2,2-3H3,(H,16,21)/t10-/m1/s1. The summed E-state index contributed by atoms with van der Waals surface area (Å²) in [5.41, 5.74) is 1.15. The molecule has 0 unspecified atom stereocenters. The average molecular weight is 289 g/mol. The number of halogens is 1. The molecule has 21 heavy (non-hydrogen) atoms. The normalized spacial score (nSPS) is 12.0. The van der Waals surface area contributed by atoms with Gasteiger partial charge < -0.3 is 5.32 Å². The highest BCUT2D eigenvalue weighted by molar-refractivity contribution is 5.79. The van der Waals surface area contributed by atoms with Crippen molar-refractivity contribution in [3.05, 3.63) is 42.2 Å². The molecule has 0 aliphatic carbocycles. The Morgan fingerprint density at radius 2 is 2.33 bits per heavy atom. The monoisotopic (exact) mass is 289 g/mol. The van der Waals surface area contributed by atoms with E-state index in [4.69, 9.17) is 0 Å². The van der Waals surface area contributed by atoms with E-state index in [0.717, 1.165) is 0 Å². The molecular formula is C14H16FN5O. The molecule has 1 heterocycles. The summed E-state index contributed by atoms with van der Waals surface area (Å²) in [6.07, 6.45) is 1.59. The van der Waals surface area contributed by atoms with Crippen LogP contribution in [0.4, 0.5) is 4.39 Å². The lowest BCUT2D eigenvalue weighted by molar-refractivity contribution is -0.124. The van der Waals surface area contributed by atoms with Crippen molar-refractivity contribution in [2.24, 2.45) is 0 Å². The molecule has 1 amide bonds. The van der Waals surface area contributed by atoms with E-state index in [1.165, 1.54) is 10.9 Å². The Labute approximate surface area is 121 Å². The molecule has 0 aliphatic heterocycles. The summed E-state index contributed by atoms with van der Waals surface area (Å²) in [6, 6.07) is 3.98. The highest BCUT2D eigenvalue weighted by Crippen LogP contribution is 2.18. The van der Waals surface area contributed by atoms with Crippen LogP contribution in [0.3, 0.4) is 0 Å². The van der Waals surface area contributed by atoms with E-state index in [0.29, 0.717) is 23.5 Å². The molecule has 110 valence electrons. The van der Waals surface area contributed by atoms with Crippen LogP contribution in [0.15, 0.2) is 30.9 Å². The van der Waals surface area contributed by atoms with Crippen LogP contribution in [0.5, 0.6) is 0 Å². The van der Waals surface area contributed by atoms with Gasteiger partial charge in [0.05, 0.1) is 0 Å². The van der Waals surface area contributed by atoms with E-state index < -0.39 is 6.04 Å². The van der Waals surface area contributed by atoms with Gasteiger partial charge in [0.15, 0.2) is 0 Å². The summed E-state index contributed by atoms with van der Waals surface area (Å²) in [6.45, 7) is 7.23. The fourth-order valence-electron chi connectivity index (χ4n) is 1.71. The topological polar surface area (TPSA) is 72.7 Å². The van der Waals surface area contributed by atoms with Gasteiger partial charge in [0.2, 0.25) is 11.7 Å². The summed E-state index contributed by atoms with van der Waals surface area (Å²) in [7, 11) is 0. The maximum Gasteiger partial charge on any atom is 0.246 e. The van der Waals surface area contributed by atoms with Gasteiger partial charge in [-0.1, -0.05) is 6.08 Å². The fraction of sp³-hybridized carbons (Fsp3) is 0.286. The van der Waals surface area contributed by atoms with Crippen LogP contribution in [0, 0.1) is 12.7 Å². The molecule has 0 fully saturated rings. The van der Waals surface area contributed by atoms with E-state index in [2.05, 4.69) is 27.3 Å². The third-order valence-corrected chi connectivity index (χ3v) is 2.99. The first-order chi connectivity index (χ1) is 10.0. The second kappa shape index (κ2) is 6.25. The third kappa shape index (κ3) is 3.31. The van der Waals surface area contributed by atoms with Crippen LogP contribution in [-0.4, -0.2) is 32.7 Å². The Bertz CT molecular complexity index is 667. The van der Waals surface area contributed by atoms with Gasteiger partial charge in [-0.2, -0.15) is 4.80 Å². The molecule has 0 bridgehead atoms. The Morgan fingerprint density at radius 3 is 3.00 bits per heavy atom. The lowest BCUT2D eigenvalue weighted by atomic mass is 10.1.